The van der Waals surface area contributed by atoms with Gasteiger partial charge in [0.1, 0.15) is 0 Å². The number of hydrogen-bond donors (Lipinski definition) is 0. The fraction of sp³-hybridized carbons (Fsp3) is 0.500. The number of rotatable bonds is 5. The molecule has 0 radical (unpaired) electrons. The lowest BCUT2D eigenvalue weighted by Crippen LogP contribution is -1.87. The van der Waals surface area contributed by atoms with Crippen LogP contribution in [0.25, 0.3) is 0 Å². The van der Waals surface area contributed by atoms with Crippen LogP contribution < -0.4 is 0 Å². The van der Waals surface area contributed by atoms with Gasteiger partial charge < -0.3 is 0 Å². The molecule has 0 fully saturated rings. The highest BCUT2D eigenvalue weighted by Crippen LogP contribution is 2.11. The molecule has 0 aliphatic carbocycles. The second-order valence-corrected chi connectivity index (χ2v) is 3.97. The van der Waals surface area contributed by atoms with Gasteiger partial charge in [-0.15, -0.1) is 0 Å². The second kappa shape index (κ2) is 6.20. The maximum absolute atomic E-state index is 3.47. The Balaban J connectivity index is 2.46. The summed E-state index contributed by atoms with van der Waals surface area (Å²) < 4.78 is 0. The molecule has 0 atom stereocenters. The van der Waals surface area contributed by atoms with Gasteiger partial charge in [-0.3, -0.25) is 0 Å². The zero-order valence-electron chi connectivity index (χ0n) is 8.22. The first-order chi connectivity index (χ1) is 6.36. The van der Waals surface area contributed by atoms with Crippen molar-refractivity contribution in [3.05, 3.63) is 35.4 Å². The van der Waals surface area contributed by atoms with Crippen LogP contribution in [-0.2, 0) is 11.8 Å². The van der Waals surface area contributed by atoms with Crippen molar-refractivity contribution in [1.29, 1.82) is 0 Å². The minimum absolute atomic E-state index is 0.967. The number of halogens is 1. The Morgan fingerprint density at radius 1 is 1.15 bits per heavy atom. The van der Waals surface area contributed by atoms with Crippen LogP contribution in [-0.4, -0.2) is 0 Å². The SMILES string of the molecule is CCCCCc1cccc(CBr)c1. The highest BCUT2D eigenvalue weighted by Gasteiger charge is 1.94. The van der Waals surface area contributed by atoms with Gasteiger partial charge in [0, 0.05) is 5.33 Å². The van der Waals surface area contributed by atoms with Gasteiger partial charge in [0.05, 0.1) is 0 Å². The third kappa shape index (κ3) is 3.95. The predicted octanol–water partition coefficient (Wildman–Crippen LogP) is 4.31. The quantitative estimate of drug-likeness (QED) is 0.532. The molecule has 0 unspecified atom stereocenters. The van der Waals surface area contributed by atoms with Gasteiger partial charge in [0.2, 0.25) is 0 Å². The molecule has 1 rings (SSSR count). The Morgan fingerprint density at radius 3 is 2.62 bits per heavy atom. The molecule has 0 amide bonds. The van der Waals surface area contributed by atoms with E-state index in [0.29, 0.717) is 0 Å². The lowest BCUT2D eigenvalue weighted by atomic mass is 10.1. The maximum atomic E-state index is 3.47. The lowest BCUT2D eigenvalue weighted by Gasteiger charge is -2.02. The molecule has 0 aliphatic rings. The molecule has 0 aromatic heterocycles. The minimum atomic E-state index is 0.967. The molecule has 72 valence electrons. The highest BCUT2D eigenvalue weighted by molar-refractivity contribution is 9.08. The van der Waals surface area contributed by atoms with Crippen LogP contribution in [0.2, 0.25) is 0 Å². The van der Waals surface area contributed by atoms with Crippen LogP contribution in [0.5, 0.6) is 0 Å². The van der Waals surface area contributed by atoms with Gasteiger partial charge in [0.15, 0.2) is 0 Å². The summed E-state index contributed by atoms with van der Waals surface area (Å²) >= 11 is 3.47. The molecule has 0 saturated carbocycles. The molecule has 0 bridgehead atoms. The number of alkyl halides is 1. The summed E-state index contributed by atoms with van der Waals surface area (Å²) in [7, 11) is 0. The van der Waals surface area contributed by atoms with Crippen molar-refractivity contribution in [2.75, 3.05) is 0 Å². The zero-order chi connectivity index (χ0) is 9.52. The van der Waals surface area contributed by atoms with Crippen molar-refractivity contribution in [3.8, 4) is 0 Å². The molecule has 0 spiro atoms. The molecule has 0 heterocycles. The van der Waals surface area contributed by atoms with E-state index in [2.05, 4.69) is 47.1 Å². The lowest BCUT2D eigenvalue weighted by molar-refractivity contribution is 0.717. The Kier molecular flexibility index (Phi) is 5.14. The fourth-order valence-electron chi connectivity index (χ4n) is 1.45. The molecular weight excluding hydrogens is 224 g/mol. The van der Waals surface area contributed by atoms with Crippen molar-refractivity contribution >= 4 is 15.9 Å². The van der Waals surface area contributed by atoms with E-state index in [9.17, 15) is 0 Å². The summed E-state index contributed by atoms with van der Waals surface area (Å²) in [5.74, 6) is 0. The van der Waals surface area contributed by atoms with E-state index in [0.717, 1.165) is 5.33 Å². The number of aryl methyl sites for hydroxylation is 1. The van der Waals surface area contributed by atoms with E-state index in [-0.39, 0.29) is 0 Å². The monoisotopic (exact) mass is 240 g/mol. The smallest absolute Gasteiger partial charge is 0.0283 e. The Hall–Kier alpha value is -0.300. The molecule has 0 nitrogen and oxygen atoms in total. The van der Waals surface area contributed by atoms with Gasteiger partial charge in [-0.05, 0) is 24.0 Å². The molecule has 1 heteroatoms. The van der Waals surface area contributed by atoms with Crippen LogP contribution in [0.3, 0.4) is 0 Å². The van der Waals surface area contributed by atoms with Gasteiger partial charge in [-0.25, -0.2) is 0 Å². The summed E-state index contributed by atoms with van der Waals surface area (Å²) in [5.41, 5.74) is 2.86. The van der Waals surface area contributed by atoms with Gasteiger partial charge in [0.25, 0.3) is 0 Å². The number of unbranched alkanes of at least 4 members (excludes halogenated alkanes) is 2. The van der Waals surface area contributed by atoms with E-state index in [1.165, 1.54) is 36.8 Å². The Bertz CT molecular complexity index is 243. The van der Waals surface area contributed by atoms with Crippen LogP contribution in [0.1, 0.15) is 37.3 Å². The molecule has 1 aromatic carbocycles. The predicted molar refractivity (Wildman–Crippen MR) is 62.3 cm³/mol. The van der Waals surface area contributed by atoms with Crippen molar-refractivity contribution in [1.82, 2.24) is 0 Å². The first kappa shape index (κ1) is 10.8. The van der Waals surface area contributed by atoms with Crippen LogP contribution in [0.15, 0.2) is 24.3 Å². The van der Waals surface area contributed by atoms with Gasteiger partial charge >= 0.3 is 0 Å². The van der Waals surface area contributed by atoms with Crippen molar-refractivity contribution in [3.63, 3.8) is 0 Å². The molecule has 0 saturated heterocycles. The van der Waals surface area contributed by atoms with Crippen molar-refractivity contribution in [2.24, 2.45) is 0 Å². The van der Waals surface area contributed by atoms with Gasteiger partial charge in [-0.2, -0.15) is 0 Å². The summed E-state index contributed by atoms with van der Waals surface area (Å²) in [6.45, 7) is 2.24. The maximum Gasteiger partial charge on any atom is 0.0283 e. The van der Waals surface area contributed by atoms with E-state index in [1.807, 2.05) is 0 Å². The number of hydrogen-bond acceptors (Lipinski definition) is 0. The first-order valence-corrected chi connectivity index (χ1v) is 6.12. The fourth-order valence-corrected chi connectivity index (χ4v) is 1.80. The first-order valence-electron chi connectivity index (χ1n) is 5.00. The van der Waals surface area contributed by atoms with E-state index >= 15 is 0 Å². The van der Waals surface area contributed by atoms with Crippen molar-refractivity contribution in [2.45, 2.75) is 37.9 Å². The number of benzene rings is 1. The Morgan fingerprint density at radius 2 is 1.92 bits per heavy atom. The van der Waals surface area contributed by atoms with Crippen LogP contribution in [0.4, 0.5) is 0 Å². The normalized spacial score (nSPS) is 10.3. The topological polar surface area (TPSA) is 0 Å². The van der Waals surface area contributed by atoms with E-state index < -0.39 is 0 Å². The van der Waals surface area contributed by atoms with Crippen LogP contribution in [0, 0.1) is 0 Å². The zero-order valence-corrected chi connectivity index (χ0v) is 9.81. The average Bonchev–Trinajstić information content (AvgIpc) is 2.19. The Labute approximate surface area is 89.5 Å². The molecule has 13 heavy (non-hydrogen) atoms. The van der Waals surface area contributed by atoms with E-state index in [1.54, 1.807) is 0 Å². The summed E-state index contributed by atoms with van der Waals surface area (Å²) in [5, 5.41) is 0.967. The summed E-state index contributed by atoms with van der Waals surface area (Å²) in [6.07, 6.45) is 5.20. The summed E-state index contributed by atoms with van der Waals surface area (Å²) in [4.78, 5) is 0. The third-order valence-corrected chi connectivity index (χ3v) is 2.86. The summed E-state index contributed by atoms with van der Waals surface area (Å²) in [6, 6.07) is 8.84. The largest absolute Gasteiger partial charge is 0.0876 e. The molecular formula is C12H17Br. The average molecular weight is 241 g/mol. The molecule has 0 N–H and O–H groups in total. The molecule has 1 aromatic rings. The van der Waals surface area contributed by atoms with Gasteiger partial charge in [-0.1, -0.05) is 60.0 Å². The minimum Gasteiger partial charge on any atom is -0.0876 e. The standard InChI is InChI=1S/C12H17Br/c1-2-3-4-6-11-7-5-8-12(9-11)10-13/h5,7-9H,2-4,6,10H2,1H3. The molecule has 0 aliphatic heterocycles. The second-order valence-electron chi connectivity index (χ2n) is 3.41. The highest BCUT2D eigenvalue weighted by atomic mass is 79.9. The van der Waals surface area contributed by atoms with Crippen LogP contribution >= 0.6 is 15.9 Å². The third-order valence-electron chi connectivity index (χ3n) is 2.21. The van der Waals surface area contributed by atoms with E-state index in [4.69, 9.17) is 0 Å². The van der Waals surface area contributed by atoms with Crippen molar-refractivity contribution < 1.29 is 0 Å².